The van der Waals surface area contributed by atoms with Gasteiger partial charge in [0.15, 0.2) is 0 Å². The van der Waals surface area contributed by atoms with E-state index >= 15 is 0 Å². The standard InChI is InChI=1S/C11H8O2.C6H6O/c12-11(13)10-6-5-8-3-1-2-4-9(8)7-10;7-6-4-2-1-3-5-6/h1-7H,(H,12,13);1-5,7H. The number of hydrogen-bond acceptors (Lipinski definition) is 2. The van der Waals surface area contributed by atoms with E-state index < -0.39 is 5.97 Å². The Morgan fingerprint density at radius 3 is 1.90 bits per heavy atom. The van der Waals surface area contributed by atoms with Crippen LogP contribution in [0, 0.1) is 0 Å². The second kappa shape index (κ2) is 6.38. The number of para-hydroxylation sites is 1. The van der Waals surface area contributed by atoms with Gasteiger partial charge in [-0.3, -0.25) is 0 Å². The molecule has 0 heterocycles. The van der Waals surface area contributed by atoms with Crippen LogP contribution >= 0.6 is 0 Å². The maximum atomic E-state index is 10.6. The molecule has 0 saturated heterocycles. The van der Waals surface area contributed by atoms with Crippen LogP contribution in [0.3, 0.4) is 0 Å². The molecule has 0 spiro atoms. The highest BCUT2D eigenvalue weighted by molar-refractivity contribution is 5.94. The van der Waals surface area contributed by atoms with Gasteiger partial charge in [0.25, 0.3) is 0 Å². The van der Waals surface area contributed by atoms with Gasteiger partial charge in [-0.2, -0.15) is 0 Å². The number of carboxylic acids is 1. The number of rotatable bonds is 1. The number of carboxylic acid groups (broad SMARTS) is 1. The van der Waals surface area contributed by atoms with Crippen molar-refractivity contribution in [1.82, 2.24) is 0 Å². The minimum Gasteiger partial charge on any atom is -0.508 e. The van der Waals surface area contributed by atoms with Gasteiger partial charge >= 0.3 is 5.97 Å². The highest BCUT2D eigenvalue weighted by atomic mass is 16.4. The van der Waals surface area contributed by atoms with Crippen LogP contribution in [-0.4, -0.2) is 16.2 Å². The predicted molar refractivity (Wildman–Crippen MR) is 79.0 cm³/mol. The van der Waals surface area contributed by atoms with Gasteiger partial charge in [0.05, 0.1) is 5.56 Å². The van der Waals surface area contributed by atoms with Crippen molar-refractivity contribution in [3.8, 4) is 5.75 Å². The monoisotopic (exact) mass is 266 g/mol. The highest BCUT2D eigenvalue weighted by Gasteiger charge is 2.01. The molecule has 3 heteroatoms. The van der Waals surface area contributed by atoms with Crippen LogP contribution in [-0.2, 0) is 0 Å². The topological polar surface area (TPSA) is 57.5 Å². The van der Waals surface area contributed by atoms with E-state index in [1.807, 2.05) is 36.4 Å². The molecule has 0 radical (unpaired) electrons. The smallest absolute Gasteiger partial charge is 0.335 e. The molecule has 0 unspecified atom stereocenters. The minimum absolute atomic E-state index is 0.322. The Bertz CT molecular complexity index is 706. The molecule has 0 fully saturated rings. The Morgan fingerprint density at radius 1 is 0.750 bits per heavy atom. The number of carbonyl (C=O) groups is 1. The zero-order valence-corrected chi connectivity index (χ0v) is 10.7. The van der Waals surface area contributed by atoms with Crippen molar-refractivity contribution in [2.45, 2.75) is 0 Å². The highest BCUT2D eigenvalue weighted by Crippen LogP contribution is 2.15. The van der Waals surface area contributed by atoms with Crippen molar-refractivity contribution in [2.75, 3.05) is 0 Å². The minimum atomic E-state index is -0.884. The third-order valence-electron chi connectivity index (χ3n) is 2.75. The first kappa shape index (κ1) is 13.6. The lowest BCUT2D eigenvalue weighted by Gasteiger charge is -1.98. The van der Waals surface area contributed by atoms with Crippen molar-refractivity contribution in [3.63, 3.8) is 0 Å². The number of phenolic OH excluding ortho intramolecular Hbond substituents is 1. The van der Waals surface area contributed by atoms with E-state index in [1.165, 1.54) is 0 Å². The van der Waals surface area contributed by atoms with E-state index in [4.69, 9.17) is 10.2 Å². The molecule has 3 aromatic carbocycles. The maximum Gasteiger partial charge on any atom is 0.335 e. The molecule has 3 rings (SSSR count). The molecular formula is C17H14O3. The van der Waals surface area contributed by atoms with Crippen molar-refractivity contribution in [1.29, 1.82) is 0 Å². The van der Waals surface area contributed by atoms with Crippen molar-refractivity contribution >= 4 is 16.7 Å². The number of phenols is 1. The molecule has 0 aliphatic rings. The van der Waals surface area contributed by atoms with Crippen LogP contribution < -0.4 is 0 Å². The summed E-state index contributed by atoms with van der Waals surface area (Å²) < 4.78 is 0. The summed E-state index contributed by atoms with van der Waals surface area (Å²) in [4.78, 5) is 10.6. The predicted octanol–water partition coefficient (Wildman–Crippen LogP) is 3.93. The lowest BCUT2D eigenvalue weighted by Crippen LogP contribution is -1.94. The van der Waals surface area contributed by atoms with Crippen LogP contribution in [0.2, 0.25) is 0 Å². The van der Waals surface area contributed by atoms with Gasteiger partial charge in [-0.15, -0.1) is 0 Å². The Morgan fingerprint density at radius 2 is 1.35 bits per heavy atom. The lowest BCUT2D eigenvalue weighted by molar-refractivity contribution is 0.0697. The first-order valence-electron chi connectivity index (χ1n) is 6.13. The summed E-state index contributed by atoms with van der Waals surface area (Å²) in [5, 5.41) is 19.4. The average molecular weight is 266 g/mol. The molecule has 0 aromatic heterocycles. The zero-order chi connectivity index (χ0) is 14.4. The molecule has 100 valence electrons. The van der Waals surface area contributed by atoms with E-state index in [-0.39, 0.29) is 0 Å². The number of aromatic carboxylic acids is 1. The average Bonchev–Trinajstić information content (AvgIpc) is 2.48. The summed E-state index contributed by atoms with van der Waals surface area (Å²) in [5.41, 5.74) is 0.332. The van der Waals surface area contributed by atoms with Gasteiger partial charge in [-0.1, -0.05) is 48.5 Å². The summed E-state index contributed by atoms with van der Waals surface area (Å²) in [6.07, 6.45) is 0. The summed E-state index contributed by atoms with van der Waals surface area (Å²) in [6.45, 7) is 0. The second-order valence-electron chi connectivity index (χ2n) is 4.20. The Balaban J connectivity index is 0.000000178. The molecule has 3 nitrogen and oxygen atoms in total. The number of benzene rings is 3. The summed E-state index contributed by atoms with van der Waals surface area (Å²) in [7, 11) is 0. The summed E-state index contributed by atoms with van der Waals surface area (Å²) in [5.74, 6) is -0.562. The van der Waals surface area contributed by atoms with E-state index in [2.05, 4.69) is 0 Å². The van der Waals surface area contributed by atoms with Crippen LogP contribution in [0.5, 0.6) is 5.75 Å². The van der Waals surface area contributed by atoms with Crippen molar-refractivity contribution < 1.29 is 15.0 Å². The molecule has 2 N–H and O–H groups in total. The molecule has 0 bridgehead atoms. The Kier molecular flexibility index (Phi) is 4.35. The van der Waals surface area contributed by atoms with Gasteiger partial charge in [-0.25, -0.2) is 4.79 Å². The van der Waals surface area contributed by atoms with Gasteiger partial charge in [0.1, 0.15) is 5.75 Å². The van der Waals surface area contributed by atoms with Crippen LogP contribution in [0.15, 0.2) is 72.8 Å². The van der Waals surface area contributed by atoms with E-state index in [0.29, 0.717) is 11.3 Å². The van der Waals surface area contributed by atoms with Crippen LogP contribution in [0.1, 0.15) is 10.4 Å². The maximum absolute atomic E-state index is 10.6. The quantitative estimate of drug-likeness (QED) is 0.701. The van der Waals surface area contributed by atoms with Crippen LogP contribution in [0.25, 0.3) is 10.8 Å². The Labute approximate surface area is 116 Å². The molecular weight excluding hydrogens is 252 g/mol. The van der Waals surface area contributed by atoms with Crippen molar-refractivity contribution in [3.05, 3.63) is 78.4 Å². The summed E-state index contributed by atoms with van der Waals surface area (Å²) in [6, 6.07) is 21.5. The number of aromatic hydroxyl groups is 1. The fraction of sp³-hybridized carbons (Fsp3) is 0. The molecule has 0 saturated carbocycles. The second-order valence-corrected chi connectivity index (χ2v) is 4.20. The van der Waals surface area contributed by atoms with E-state index in [9.17, 15) is 4.79 Å². The van der Waals surface area contributed by atoms with Crippen molar-refractivity contribution in [2.24, 2.45) is 0 Å². The van der Waals surface area contributed by atoms with E-state index in [1.54, 1.807) is 36.4 Å². The van der Waals surface area contributed by atoms with Gasteiger partial charge in [0.2, 0.25) is 0 Å². The fourth-order valence-corrected chi connectivity index (χ4v) is 1.75. The molecule has 0 atom stereocenters. The van der Waals surface area contributed by atoms with Gasteiger partial charge in [-0.05, 0) is 35.0 Å². The molecule has 3 aromatic rings. The van der Waals surface area contributed by atoms with Crippen LogP contribution in [0.4, 0.5) is 0 Å². The SMILES string of the molecule is O=C(O)c1ccc2ccccc2c1.Oc1ccccc1. The number of hydrogen-bond donors (Lipinski definition) is 2. The zero-order valence-electron chi connectivity index (χ0n) is 10.7. The Hall–Kier alpha value is -2.81. The molecule has 0 aliphatic carbocycles. The fourth-order valence-electron chi connectivity index (χ4n) is 1.75. The third kappa shape index (κ3) is 3.59. The first-order chi connectivity index (χ1) is 9.66. The first-order valence-corrected chi connectivity index (χ1v) is 6.13. The normalized spacial score (nSPS) is 9.60. The largest absolute Gasteiger partial charge is 0.508 e. The summed E-state index contributed by atoms with van der Waals surface area (Å²) >= 11 is 0. The van der Waals surface area contributed by atoms with Gasteiger partial charge in [0, 0.05) is 0 Å². The molecule has 0 amide bonds. The van der Waals surface area contributed by atoms with Gasteiger partial charge < -0.3 is 10.2 Å². The number of fused-ring (bicyclic) bond motifs is 1. The third-order valence-corrected chi connectivity index (χ3v) is 2.75. The molecule has 0 aliphatic heterocycles. The lowest BCUT2D eigenvalue weighted by atomic mass is 10.1. The molecule has 20 heavy (non-hydrogen) atoms. The van der Waals surface area contributed by atoms with E-state index in [0.717, 1.165) is 10.8 Å².